The molecule has 2 fully saturated rings. The summed E-state index contributed by atoms with van der Waals surface area (Å²) in [5, 5.41) is 0. The molecule has 1 saturated carbocycles. The van der Waals surface area contributed by atoms with Crippen LogP contribution < -0.4 is 0 Å². The van der Waals surface area contributed by atoms with Crippen molar-refractivity contribution in [2.75, 3.05) is 6.61 Å². The van der Waals surface area contributed by atoms with Gasteiger partial charge in [0.15, 0.2) is 5.79 Å². The van der Waals surface area contributed by atoms with Crippen LogP contribution in [-0.2, 0) is 9.47 Å². The van der Waals surface area contributed by atoms with Gasteiger partial charge in [0.25, 0.3) is 0 Å². The molecule has 0 radical (unpaired) electrons. The van der Waals surface area contributed by atoms with Gasteiger partial charge in [-0.2, -0.15) is 0 Å². The summed E-state index contributed by atoms with van der Waals surface area (Å²) in [4.78, 5) is 0. The second-order valence-electron chi connectivity index (χ2n) is 5.15. The van der Waals surface area contributed by atoms with Gasteiger partial charge in [-0.3, -0.25) is 0 Å². The number of rotatable bonds is 2. The van der Waals surface area contributed by atoms with Gasteiger partial charge in [0.1, 0.15) is 6.10 Å². The lowest BCUT2D eigenvalue weighted by Crippen LogP contribution is -2.20. The van der Waals surface area contributed by atoms with E-state index in [1.807, 2.05) is 13.8 Å². The van der Waals surface area contributed by atoms with Crippen molar-refractivity contribution in [2.24, 2.45) is 5.92 Å². The highest BCUT2D eigenvalue weighted by Crippen LogP contribution is 2.27. The minimum atomic E-state index is -0.387. The SMILES string of the molecule is CC1(C)OCC(/C=C/C2CCCCC2)O1. The number of ether oxygens (including phenoxy) is 2. The zero-order chi connectivity index (χ0) is 10.7. The molecule has 2 rings (SSSR count). The summed E-state index contributed by atoms with van der Waals surface area (Å²) in [5.74, 6) is 0.396. The van der Waals surface area contributed by atoms with E-state index in [1.54, 1.807) is 0 Å². The highest BCUT2D eigenvalue weighted by atomic mass is 16.7. The highest BCUT2D eigenvalue weighted by molar-refractivity contribution is 4.97. The number of hydrogen-bond acceptors (Lipinski definition) is 2. The van der Waals surface area contributed by atoms with E-state index in [-0.39, 0.29) is 11.9 Å². The van der Waals surface area contributed by atoms with Crippen LogP contribution in [0.1, 0.15) is 46.0 Å². The topological polar surface area (TPSA) is 18.5 Å². The molecule has 0 bridgehead atoms. The van der Waals surface area contributed by atoms with Gasteiger partial charge in [-0.05, 0) is 32.6 Å². The fraction of sp³-hybridized carbons (Fsp3) is 0.846. The van der Waals surface area contributed by atoms with Crippen molar-refractivity contribution in [3.63, 3.8) is 0 Å². The van der Waals surface area contributed by atoms with Crippen LogP contribution in [0.4, 0.5) is 0 Å². The van der Waals surface area contributed by atoms with Crippen LogP contribution in [0.3, 0.4) is 0 Å². The summed E-state index contributed by atoms with van der Waals surface area (Å²) in [6.45, 7) is 4.65. The zero-order valence-electron chi connectivity index (χ0n) is 9.87. The fourth-order valence-electron chi connectivity index (χ4n) is 2.42. The summed E-state index contributed by atoms with van der Waals surface area (Å²) < 4.78 is 11.3. The van der Waals surface area contributed by atoms with Gasteiger partial charge in [-0.15, -0.1) is 0 Å². The van der Waals surface area contributed by atoms with Crippen molar-refractivity contribution >= 4 is 0 Å². The predicted molar refractivity (Wildman–Crippen MR) is 60.6 cm³/mol. The Morgan fingerprint density at radius 1 is 1.07 bits per heavy atom. The molecular formula is C13H22O2. The molecule has 2 heteroatoms. The lowest BCUT2D eigenvalue weighted by atomic mass is 9.89. The van der Waals surface area contributed by atoms with E-state index in [0.29, 0.717) is 6.61 Å². The third kappa shape index (κ3) is 3.32. The van der Waals surface area contributed by atoms with E-state index in [1.165, 1.54) is 32.1 Å². The predicted octanol–water partition coefficient (Wildman–Crippen LogP) is 3.27. The summed E-state index contributed by atoms with van der Waals surface area (Å²) in [6, 6.07) is 0. The average molecular weight is 210 g/mol. The van der Waals surface area contributed by atoms with Crippen LogP contribution in [-0.4, -0.2) is 18.5 Å². The van der Waals surface area contributed by atoms with E-state index >= 15 is 0 Å². The summed E-state index contributed by atoms with van der Waals surface area (Å²) >= 11 is 0. The molecule has 1 saturated heterocycles. The van der Waals surface area contributed by atoms with Gasteiger partial charge in [0.05, 0.1) is 6.61 Å². The van der Waals surface area contributed by atoms with E-state index in [0.717, 1.165) is 5.92 Å². The maximum absolute atomic E-state index is 5.73. The molecule has 1 atom stereocenters. The molecule has 0 amide bonds. The van der Waals surface area contributed by atoms with Crippen LogP contribution in [0.2, 0.25) is 0 Å². The van der Waals surface area contributed by atoms with Crippen LogP contribution in [0.25, 0.3) is 0 Å². The van der Waals surface area contributed by atoms with E-state index < -0.39 is 0 Å². The van der Waals surface area contributed by atoms with Gasteiger partial charge in [-0.1, -0.05) is 31.4 Å². The molecule has 0 N–H and O–H groups in total. The lowest BCUT2D eigenvalue weighted by molar-refractivity contribution is -0.133. The highest BCUT2D eigenvalue weighted by Gasteiger charge is 2.31. The first-order valence-electron chi connectivity index (χ1n) is 6.16. The van der Waals surface area contributed by atoms with Gasteiger partial charge < -0.3 is 9.47 Å². The molecule has 2 aliphatic rings. The Morgan fingerprint density at radius 3 is 2.40 bits per heavy atom. The average Bonchev–Trinajstić information content (AvgIpc) is 2.57. The van der Waals surface area contributed by atoms with Gasteiger partial charge >= 0.3 is 0 Å². The van der Waals surface area contributed by atoms with E-state index in [2.05, 4.69) is 12.2 Å². The molecule has 0 aromatic carbocycles. The first-order chi connectivity index (χ1) is 7.16. The van der Waals surface area contributed by atoms with Crippen LogP contribution >= 0.6 is 0 Å². The summed E-state index contributed by atoms with van der Waals surface area (Å²) in [7, 11) is 0. The normalized spacial score (nSPS) is 32.5. The molecule has 1 aliphatic carbocycles. The van der Waals surface area contributed by atoms with Crippen molar-refractivity contribution in [1.82, 2.24) is 0 Å². The zero-order valence-corrected chi connectivity index (χ0v) is 9.87. The molecule has 1 unspecified atom stereocenters. The maximum atomic E-state index is 5.73. The van der Waals surface area contributed by atoms with Crippen molar-refractivity contribution in [1.29, 1.82) is 0 Å². The van der Waals surface area contributed by atoms with Crippen molar-refractivity contribution < 1.29 is 9.47 Å². The van der Waals surface area contributed by atoms with Crippen LogP contribution in [0.15, 0.2) is 12.2 Å². The molecule has 0 spiro atoms. The van der Waals surface area contributed by atoms with E-state index in [4.69, 9.17) is 9.47 Å². The number of hydrogen-bond donors (Lipinski definition) is 0. The minimum absolute atomic E-state index is 0.168. The van der Waals surface area contributed by atoms with Gasteiger partial charge in [0, 0.05) is 0 Å². The molecule has 1 heterocycles. The Hall–Kier alpha value is -0.340. The molecule has 86 valence electrons. The Morgan fingerprint density at radius 2 is 1.80 bits per heavy atom. The largest absolute Gasteiger partial charge is 0.347 e. The number of allylic oxidation sites excluding steroid dienone is 1. The van der Waals surface area contributed by atoms with Gasteiger partial charge in [-0.25, -0.2) is 0 Å². The summed E-state index contributed by atoms with van der Waals surface area (Å²) in [6.07, 6.45) is 11.6. The Kier molecular flexibility index (Phi) is 3.47. The second-order valence-corrected chi connectivity index (χ2v) is 5.15. The van der Waals surface area contributed by atoms with Crippen molar-refractivity contribution in [3.05, 3.63) is 12.2 Å². The fourth-order valence-corrected chi connectivity index (χ4v) is 2.42. The minimum Gasteiger partial charge on any atom is -0.347 e. The van der Waals surface area contributed by atoms with Crippen molar-refractivity contribution in [2.45, 2.75) is 57.8 Å². The van der Waals surface area contributed by atoms with E-state index in [9.17, 15) is 0 Å². The first kappa shape index (κ1) is 11.2. The molecular weight excluding hydrogens is 188 g/mol. The molecule has 0 aromatic heterocycles. The Labute approximate surface area is 92.6 Å². The lowest BCUT2D eigenvalue weighted by Gasteiger charge is -2.18. The molecule has 1 aliphatic heterocycles. The Bertz CT molecular complexity index is 227. The van der Waals surface area contributed by atoms with Crippen molar-refractivity contribution in [3.8, 4) is 0 Å². The van der Waals surface area contributed by atoms with Crippen LogP contribution in [0.5, 0.6) is 0 Å². The molecule has 15 heavy (non-hydrogen) atoms. The first-order valence-corrected chi connectivity index (χ1v) is 6.16. The standard InChI is InChI=1S/C13H22O2/c1-13(2)14-10-12(15-13)9-8-11-6-4-3-5-7-11/h8-9,11-12H,3-7,10H2,1-2H3/b9-8+. The Balaban J connectivity index is 1.78. The molecule has 0 aromatic rings. The smallest absolute Gasteiger partial charge is 0.163 e. The quantitative estimate of drug-likeness (QED) is 0.651. The summed E-state index contributed by atoms with van der Waals surface area (Å²) in [5.41, 5.74) is 0. The third-order valence-electron chi connectivity index (χ3n) is 3.28. The third-order valence-corrected chi connectivity index (χ3v) is 3.28. The monoisotopic (exact) mass is 210 g/mol. The second kappa shape index (κ2) is 4.67. The molecule has 2 nitrogen and oxygen atoms in total. The van der Waals surface area contributed by atoms with Crippen LogP contribution in [0, 0.1) is 5.92 Å². The van der Waals surface area contributed by atoms with Gasteiger partial charge in [0.2, 0.25) is 0 Å². The maximum Gasteiger partial charge on any atom is 0.163 e.